The molecule has 2 aliphatic rings. The molecule has 0 atom stereocenters. The lowest BCUT2D eigenvalue weighted by molar-refractivity contribution is 0.748. The normalized spacial score (nSPS) is 13.4. The Balaban J connectivity index is 1.13. The van der Waals surface area contributed by atoms with E-state index >= 15 is 0 Å². The van der Waals surface area contributed by atoms with Gasteiger partial charge in [0.25, 0.3) is 0 Å². The fraction of sp³-hybridized carbons (Fsp3) is 0.0278. The number of rotatable bonds is 10. The second-order valence-electron chi connectivity index (χ2n) is 19.5. The van der Waals surface area contributed by atoms with Gasteiger partial charge in [0.2, 0.25) is 0 Å². The van der Waals surface area contributed by atoms with E-state index < -0.39 is 10.8 Å². The minimum atomic E-state index is -0.694. The molecule has 2 nitrogen and oxygen atoms in total. The van der Waals surface area contributed by atoms with E-state index in [1.54, 1.807) is 0 Å². The first-order chi connectivity index (χ1) is 36.7. The Morgan fingerprint density at radius 1 is 0.216 bits per heavy atom. The maximum absolute atomic E-state index is 2.59. The Kier molecular flexibility index (Phi) is 10.3. The van der Waals surface area contributed by atoms with E-state index in [0.717, 1.165) is 34.1 Å². The summed E-state index contributed by atoms with van der Waals surface area (Å²) in [5.41, 5.74) is 20.2. The molecule has 0 aromatic heterocycles. The third kappa shape index (κ3) is 6.51. The Bertz CT molecular complexity index is 3820. The van der Waals surface area contributed by atoms with Crippen molar-refractivity contribution in [2.45, 2.75) is 10.8 Å². The van der Waals surface area contributed by atoms with Crippen molar-refractivity contribution in [3.05, 3.63) is 348 Å². The summed E-state index contributed by atoms with van der Waals surface area (Å²) in [6.07, 6.45) is 0. The summed E-state index contributed by atoms with van der Waals surface area (Å²) >= 11 is 0. The number of hydrogen-bond donors (Lipinski definition) is 0. The predicted octanol–water partition coefficient (Wildman–Crippen LogP) is 18.5. The van der Waals surface area contributed by atoms with Crippen LogP contribution >= 0.6 is 0 Å². The van der Waals surface area contributed by atoms with Crippen LogP contribution in [0.1, 0.15) is 44.5 Å². The molecule has 348 valence electrons. The molecule has 0 bridgehead atoms. The van der Waals surface area contributed by atoms with Gasteiger partial charge in [0.05, 0.1) is 10.8 Å². The molecule has 0 heterocycles. The summed E-state index contributed by atoms with van der Waals surface area (Å²) in [7, 11) is 0. The van der Waals surface area contributed by atoms with Gasteiger partial charge in [0.15, 0.2) is 0 Å². The van der Waals surface area contributed by atoms with Crippen LogP contribution in [0.4, 0.5) is 34.1 Å². The van der Waals surface area contributed by atoms with Crippen molar-refractivity contribution in [1.82, 2.24) is 0 Å². The molecule has 0 saturated heterocycles. The monoisotopic (exact) mass is 942 g/mol. The molecular weight excluding hydrogens is 893 g/mol. The average molecular weight is 943 g/mol. The summed E-state index contributed by atoms with van der Waals surface area (Å²) in [5, 5.41) is 2.53. The molecule has 0 N–H and O–H groups in total. The SMILES string of the molecule is c1ccc(N(c2ccccc2)c2ccc3c(c2)C(c2ccccc2)(c2ccccc2)c2cc4c5c(cccc5c2-3)C(c2ccccc2)(c2ccccc2)c2cc(N(c3ccccc3)c3ccccc3)ccc2-4)cc1. The Morgan fingerprint density at radius 2 is 0.554 bits per heavy atom. The number of hydrogen-bond acceptors (Lipinski definition) is 2. The molecule has 14 rings (SSSR count). The van der Waals surface area contributed by atoms with Crippen molar-refractivity contribution < 1.29 is 0 Å². The van der Waals surface area contributed by atoms with Crippen LogP contribution in [-0.4, -0.2) is 0 Å². The third-order valence-electron chi connectivity index (χ3n) is 15.7. The van der Waals surface area contributed by atoms with Crippen LogP contribution in [-0.2, 0) is 10.8 Å². The Hall–Kier alpha value is -9.50. The van der Waals surface area contributed by atoms with Crippen molar-refractivity contribution in [1.29, 1.82) is 0 Å². The van der Waals surface area contributed by atoms with Gasteiger partial charge in [0, 0.05) is 34.1 Å². The molecule has 0 unspecified atom stereocenters. The van der Waals surface area contributed by atoms with Gasteiger partial charge in [-0.2, -0.15) is 0 Å². The topological polar surface area (TPSA) is 6.48 Å². The standard InChI is InChI=1S/C72H50N2/c1-9-26-51(27-10-1)71(52-28-11-2-12-29-52)65-43-25-42-63-69-62-47-45-60(74(57-38-21-7-22-39-57)58-40-23-8-24-41-58)49-67(62)72(53-30-13-3-14-31-53,54-32-15-4-16-33-54)68(69)50-64(70(63)65)61-46-44-59(48-66(61)71)73(55-34-17-5-18-35-55)56-36-19-6-20-37-56/h1-50H. The molecule has 12 aromatic carbocycles. The number of anilines is 6. The lowest BCUT2D eigenvalue weighted by Gasteiger charge is -2.43. The Morgan fingerprint density at radius 3 is 0.946 bits per heavy atom. The highest BCUT2D eigenvalue weighted by Crippen LogP contribution is 2.64. The number of benzene rings is 12. The van der Waals surface area contributed by atoms with Crippen LogP contribution < -0.4 is 9.80 Å². The van der Waals surface area contributed by atoms with Crippen LogP contribution in [0.5, 0.6) is 0 Å². The lowest BCUT2D eigenvalue weighted by atomic mass is 9.59. The van der Waals surface area contributed by atoms with Crippen molar-refractivity contribution in [2.24, 2.45) is 0 Å². The first-order valence-electron chi connectivity index (χ1n) is 25.7. The highest BCUT2D eigenvalue weighted by molar-refractivity contribution is 6.14. The van der Waals surface area contributed by atoms with Gasteiger partial charge in [-0.3, -0.25) is 0 Å². The summed E-state index contributed by atoms with van der Waals surface area (Å²) < 4.78 is 0. The van der Waals surface area contributed by atoms with Crippen molar-refractivity contribution in [3.63, 3.8) is 0 Å². The fourth-order valence-electron chi connectivity index (χ4n) is 12.8. The van der Waals surface area contributed by atoms with Gasteiger partial charge in [0.1, 0.15) is 0 Å². The van der Waals surface area contributed by atoms with Gasteiger partial charge < -0.3 is 9.80 Å². The van der Waals surface area contributed by atoms with Gasteiger partial charge >= 0.3 is 0 Å². The molecule has 0 saturated carbocycles. The van der Waals surface area contributed by atoms with Gasteiger partial charge in [-0.05, 0) is 156 Å². The van der Waals surface area contributed by atoms with Crippen molar-refractivity contribution >= 4 is 44.9 Å². The van der Waals surface area contributed by atoms with E-state index in [0.29, 0.717) is 0 Å². The first-order valence-corrected chi connectivity index (χ1v) is 25.7. The largest absolute Gasteiger partial charge is 0.310 e. The highest BCUT2D eigenvalue weighted by atomic mass is 15.1. The van der Waals surface area contributed by atoms with Crippen LogP contribution in [0.15, 0.2) is 303 Å². The van der Waals surface area contributed by atoms with Gasteiger partial charge in [-0.25, -0.2) is 0 Å². The molecular formula is C72H50N2. The number of para-hydroxylation sites is 4. The van der Waals surface area contributed by atoms with Crippen molar-refractivity contribution in [2.75, 3.05) is 9.80 Å². The molecule has 2 aliphatic carbocycles. The number of fused-ring (bicyclic) bond motifs is 6. The molecule has 0 spiro atoms. The zero-order chi connectivity index (χ0) is 49.1. The van der Waals surface area contributed by atoms with E-state index in [-0.39, 0.29) is 0 Å². The smallest absolute Gasteiger partial charge is 0.0714 e. The minimum absolute atomic E-state index is 0.687. The molecule has 74 heavy (non-hydrogen) atoms. The van der Waals surface area contributed by atoms with Crippen LogP contribution in [0.25, 0.3) is 33.0 Å². The maximum atomic E-state index is 2.59. The zero-order valence-corrected chi connectivity index (χ0v) is 40.8. The van der Waals surface area contributed by atoms with Gasteiger partial charge in [-0.1, -0.05) is 224 Å². The summed E-state index contributed by atoms with van der Waals surface area (Å²) in [4.78, 5) is 4.80. The van der Waals surface area contributed by atoms with E-state index in [1.807, 2.05) is 0 Å². The molecule has 0 amide bonds. The summed E-state index contributed by atoms with van der Waals surface area (Å²) in [6, 6.07) is 112. The second-order valence-corrected chi connectivity index (χ2v) is 19.5. The predicted molar refractivity (Wildman–Crippen MR) is 308 cm³/mol. The van der Waals surface area contributed by atoms with Crippen LogP contribution in [0, 0.1) is 0 Å². The minimum Gasteiger partial charge on any atom is -0.310 e. The second kappa shape index (κ2) is 17.7. The fourth-order valence-corrected chi connectivity index (χ4v) is 12.8. The third-order valence-corrected chi connectivity index (χ3v) is 15.7. The van der Waals surface area contributed by atoms with E-state index in [2.05, 4.69) is 313 Å². The molecule has 12 aromatic rings. The average Bonchev–Trinajstić information content (AvgIpc) is 3.80. The maximum Gasteiger partial charge on any atom is 0.0714 e. The summed E-state index contributed by atoms with van der Waals surface area (Å²) in [6.45, 7) is 0. The van der Waals surface area contributed by atoms with E-state index in [9.17, 15) is 0 Å². The van der Waals surface area contributed by atoms with E-state index in [1.165, 1.54) is 77.5 Å². The Labute approximate surface area is 433 Å². The molecule has 2 heteroatoms. The molecule has 0 fully saturated rings. The van der Waals surface area contributed by atoms with Crippen molar-refractivity contribution in [3.8, 4) is 22.3 Å². The highest BCUT2D eigenvalue weighted by Gasteiger charge is 2.50. The lowest BCUT2D eigenvalue weighted by Crippen LogP contribution is -2.34. The quantitative estimate of drug-likeness (QED) is 0.135. The zero-order valence-electron chi connectivity index (χ0n) is 40.8. The molecule has 0 aliphatic heterocycles. The van der Waals surface area contributed by atoms with Crippen LogP contribution in [0.2, 0.25) is 0 Å². The summed E-state index contributed by atoms with van der Waals surface area (Å²) in [5.74, 6) is 0. The first kappa shape index (κ1) is 43.3. The van der Waals surface area contributed by atoms with E-state index in [4.69, 9.17) is 0 Å². The van der Waals surface area contributed by atoms with Crippen LogP contribution in [0.3, 0.4) is 0 Å². The van der Waals surface area contributed by atoms with Gasteiger partial charge in [-0.15, -0.1) is 0 Å². The molecule has 0 radical (unpaired) electrons. The number of nitrogens with zero attached hydrogens (tertiary/aromatic N) is 2.